The highest BCUT2D eigenvalue weighted by atomic mass is 32.1. The molecule has 1 aliphatic carbocycles. The van der Waals surface area contributed by atoms with E-state index in [1.807, 2.05) is 6.92 Å². The van der Waals surface area contributed by atoms with Crippen molar-refractivity contribution >= 4 is 39.0 Å². The molecule has 2 aromatic rings. The number of nitrogen functional groups attached to an aromatic ring is 1. The number of hydrogen-bond donors (Lipinski definition) is 1. The van der Waals surface area contributed by atoms with Gasteiger partial charge in [0.2, 0.25) is 0 Å². The van der Waals surface area contributed by atoms with Crippen LogP contribution in [0.1, 0.15) is 34.1 Å². The van der Waals surface area contributed by atoms with Crippen molar-refractivity contribution in [1.29, 1.82) is 0 Å². The van der Waals surface area contributed by atoms with Gasteiger partial charge in [0.1, 0.15) is 18.0 Å². The molecule has 0 bridgehead atoms. The van der Waals surface area contributed by atoms with Crippen molar-refractivity contribution in [1.82, 2.24) is 0 Å². The number of morpholine rings is 1. The number of carbonyl (C=O) groups is 1. The van der Waals surface area contributed by atoms with Crippen LogP contribution >= 0.6 is 11.3 Å². The molecule has 128 valence electrons. The maximum Gasteiger partial charge on any atom is 0.350 e. The van der Waals surface area contributed by atoms with Gasteiger partial charge in [0, 0.05) is 5.56 Å². The lowest BCUT2D eigenvalue weighted by Gasteiger charge is -2.23. The summed E-state index contributed by atoms with van der Waals surface area (Å²) in [7, 11) is 0. The maximum atomic E-state index is 12.2. The summed E-state index contributed by atoms with van der Waals surface area (Å²) < 4.78 is 10.6. The topological polar surface area (TPSA) is 78.9 Å². The molecular formula is C17H22N3O3S+. The van der Waals surface area contributed by atoms with Crippen molar-refractivity contribution in [2.75, 3.05) is 43.5 Å². The SMILES string of the molecule is CCOC(=O)c1sc2[nH+]c(N3CCOCC3)c3c(c2c1N)CCC3. The van der Waals surface area contributed by atoms with Crippen LogP contribution in [0.3, 0.4) is 0 Å². The number of carbonyl (C=O) groups excluding carboxylic acids is 1. The van der Waals surface area contributed by atoms with Gasteiger partial charge in [-0.3, -0.25) is 4.90 Å². The average Bonchev–Trinajstić information content (AvgIpc) is 3.19. The minimum atomic E-state index is -0.329. The monoisotopic (exact) mass is 348 g/mol. The zero-order chi connectivity index (χ0) is 16.7. The molecule has 0 aromatic carbocycles. The molecule has 0 amide bonds. The molecule has 24 heavy (non-hydrogen) atoms. The molecule has 2 aliphatic rings. The Morgan fingerprint density at radius 1 is 1.33 bits per heavy atom. The Hall–Kier alpha value is -1.86. The molecule has 1 fully saturated rings. The van der Waals surface area contributed by atoms with E-state index in [1.165, 1.54) is 28.3 Å². The molecule has 0 unspecified atom stereocenters. The number of pyridine rings is 1. The Kier molecular flexibility index (Phi) is 4.05. The number of aryl methyl sites for hydroxylation is 1. The fourth-order valence-corrected chi connectivity index (χ4v) is 4.74. The van der Waals surface area contributed by atoms with Crippen LogP contribution in [-0.4, -0.2) is 38.9 Å². The van der Waals surface area contributed by atoms with E-state index in [0.29, 0.717) is 17.2 Å². The van der Waals surface area contributed by atoms with Crippen LogP contribution in [0.15, 0.2) is 0 Å². The lowest BCUT2D eigenvalue weighted by molar-refractivity contribution is -0.328. The summed E-state index contributed by atoms with van der Waals surface area (Å²) >= 11 is 1.40. The zero-order valence-electron chi connectivity index (χ0n) is 13.8. The molecule has 4 rings (SSSR count). The molecule has 0 spiro atoms. The Labute approximate surface area is 144 Å². The first kappa shape index (κ1) is 15.7. The third-order valence-corrected chi connectivity index (χ3v) is 5.87. The van der Waals surface area contributed by atoms with E-state index in [-0.39, 0.29) is 5.97 Å². The number of aromatic amines is 1. The molecule has 1 saturated heterocycles. The minimum absolute atomic E-state index is 0.329. The number of ether oxygens (including phenoxy) is 2. The van der Waals surface area contributed by atoms with Crippen LogP contribution < -0.4 is 15.6 Å². The third-order valence-electron chi connectivity index (χ3n) is 4.77. The summed E-state index contributed by atoms with van der Waals surface area (Å²) in [6.45, 7) is 5.44. The minimum Gasteiger partial charge on any atom is -0.462 e. The summed E-state index contributed by atoms with van der Waals surface area (Å²) in [6.07, 6.45) is 3.20. The predicted molar refractivity (Wildman–Crippen MR) is 93.8 cm³/mol. The standard InChI is InChI=1S/C17H21N3O3S/c1-2-23-17(21)14-13(18)12-10-4-3-5-11(10)15(19-16(12)24-14)20-6-8-22-9-7-20/h2-9,18H2,1H3/p+1. The van der Waals surface area contributed by atoms with Crippen LogP contribution in [0.5, 0.6) is 0 Å². The van der Waals surface area contributed by atoms with Crippen molar-refractivity contribution in [2.45, 2.75) is 26.2 Å². The fraction of sp³-hybridized carbons (Fsp3) is 0.529. The van der Waals surface area contributed by atoms with E-state index >= 15 is 0 Å². The van der Waals surface area contributed by atoms with Gasteiger partial charge in [-0.1, -0.05) is 11.3 Å². The first-order valence-electron chi connectivity index (χ1n) is 8.49. The van der Waals surface area contributed by atoms with Gasteiger partial charge in [-0.15, -0.1) is 0 Å². The van der Waals surface area contributed by atoms with Crippen LogP contribution in [0.2, 0.25) is 0 Å². The van der Waals surface area contributed by atoms with Crippen molar-refractivity contribution < 1.29 is 19.3 Å². The van der Waals surface area contributed by atoms with E-state index in [9.17, 15) is 4.79 Å². The molecule has 2 aromatic heterocycles. The molecule has 0 radical (unpaired) electrons. The number of rotatable bonds is 3. The number of aromatic nitrogens is 1. The first-order chi connectivity index (χ1) is 11.7. The zero-order valence-corrected chi connectivity index (χ0v) is 14.6. The summed E-state index contributed by atoms with van der Waals surface area (Å²) in [6, 6.07) is 0. The number of thiophene rings is 1. The molecule has 0 saturated carbocycles. The summed E-state index contributed by atoms with van der Waals surface area (Å²) in [5.74, 6) is 0.847. The number of nitrogens with one attached hydrogen (secondary N) is 1. The second-order valence-corrected chi connectivity index (χ2v) is 7.17. The quantitative estimate of drug-likeness (QED) is 0.856. The molecule has 1 aliphatic heterocycles. The van der Waals surface area contributed by atoms with Crippen molar-refractivity contribution in [3.63, 3.8) is 0 Å². The van der Waals surface area contributed by atoms with Gasteiger partial charge in [-0.25, -0.2) is 9.78 Å². The highest BCUT2D eigenvalue weighted by Crippen LogP contribution is 2.41. The lowest BCUT2D eigenvalue weighted by atomic mass is 10.1. The smallest absolute Gasteiger partial charge is 0.350 e. The van der Waals surface area contributed by atoms with Crippen LogP contribution in [-0.2, 0) is 22.3 Å². The molecule has 3 heterocycles. The number of anilines is 2. The highest BCUT2D eigenvalue weighted by Gasteiger charge is 2.32. The number of nitrogens with two attached hydrogens (primary N) is 1. The van der Waals surface area contributed by atoms with E-state index in [1.54, 1.807) is 0 Å². The van der Waals surface area contributed by atoms with E-state index in [4.69, 9.17) is 15.2 Å². The van der Waals surface area contributed by atoms with Gasteiger partial charge < -0.3 is 15.2 Å². The second-order valence-electron chi connectivity index (χ2n) is 6.15. The van der Waals surface area contributed by atoms with Gasteiger partial charge in [0.25, 0.3) is 5.82 Å². The van der Waals surface area contributed by atoms with Crippen molar-refractivity contribution in [2.24, 2.45) is 0 Å². The van der Waals surface area contributed by atoms with E-state index in [2.05, 4.69) is 9.88 Å². The van der Waals surface area contributed by atoms with Gasteiger partial charge >= 0.3 is 5.97 Å². The summed E-state index contributed by atoms with van der Waals surface area (Å²) in [5, 5.41) is 1.02. The van der Waals surface area contributed by atoms with Gasteiger partial charge in [0.05, 0.1) is 30.9 Å². The predicted octanol–water partition coefficient (Wildman–Crippen LogP) is 1.80. The number of nitrogens with zero attached hydrogens (tertiary/aromatic N) is 1. The number of fused-ring (bicyclic) bond motifs is 3. The lowest BCUT2D eigenvalue weighted by Crippen LogP contribution is -2.40. The Bertz CT molecular complexity index is 796. The largest absolute Gasteiger partial charge is 0.462 e. The van der Waals surface area contributed by atoms with Gasteiger partial charge in [-0.2, -0.15) is 0 Å². The Morgan fingerprint density at radius 3 is 2.83 bits per heavy atom. The van der Waals surface area contributed by atoms with Crippen LogP contribution in [0.4, 0.5) is 11.5 Å². The Morgan fingerprint density at radius 2 is 2.08 bits per heavy atom. The molecule has 7 heteroatoms. The first-order valence-corrected chi connectivity index (χ1v) is 9.31. The van der Waals surface area contributed by atoms with Gasteiger partial charge in [0.15, 0.2) is 4.83 Å². The van der Waals surface area contributed by atoms with Crippen molar-refractivity contribution in [3.8, 4) is 0 Å². The number of esters is 1. The third kappa shape index (κ3) is 2.43. The van der Waals surface area contributed by atoms with Crippen molar-refractivity contribution in [3.05, 3.63) is 16.0 Å². The molecule has 0 atom stereocenters. The second kappa shape index (κ2) is 6.22. The highest BCUT2D eigenvalue weighted by molar-refractivity contribution is 7.20. The molecular weight excluding hydrogens is 326 g/mol. The molecule has 6 nitrogen and oxygen atoms in total. The van der Waals surface area contributed by atoms with Crippen LogP contribution in [0.25, 0.3) is 10.2 Å². The van der Waals surface area contributed by atoms with E-state index < -0.39 is 0 Å². The van der Waals surface area contributed by atoms with Crippen LogP contribution in [0, 0.1) is 0 Å². The summed E-state index contributed by atoms with van der Waals surface area (Å²) in [4.78, 5) is 19.6. The maximum absolute atomic E-state index is 12.2. The normalized spacial score (nSPS) is 17.3. The number of H-pyrrole nitrogens is 1. The fourth-order valence-electron chi connectivity index (χ4n) is 3.70. The van der Waals surface area contributed by atoms with E-state index in [0.717, 1.165) is 55.8 Å². The Balaban J connectivity index is 1.86. The summed E-state index contributed by atoms with van der Waals surface area (Å²) in [5.41, 5.74) is 9.55. The van der Waals surface area contributed by atoms with Gasteiger partial charge in [-0.05, 0) is 31.7 Å². The number of hydrogen-bond acceptors (Lipinski definition) is 6. The molecule has 3 N–H and O–H groups in total. The average molecular weight is 348 g/mol.